The molecule has 0 spiro atoms. The van der Waals surface area contributed by atoms with Gasteiger partial charge in [0.05, 0.1) is 0 Å². The largest absolute Gasteiger partial charge is 0.303 e. The lowest BCUT2D eigenvalue weighted by atomic mass is 9.84. The standard InChI is InChI=1S/C13H23N5S/c1-17-5-2-3-10-8-18(6-4-12(10)17)9-11-7-15-13(16-14)19-11/h7,10,12H,2-6,8-9,14H2,1H3,(H,15,16). The second kappa shape index (κ2) is 5.75. The summed E-state index contributed by atoms with van der Waals surface area (Å²) < 4.78 is 0. The van der Waals surface area contributed by atoms with Crippen LogP contribution >= 0.6 is 11.3 Å². The predicted molar refractivity (Wildman–Crippen MR) is 79.0 cm³/mol. The van der Waals surface area contributed by atoms with Crippen LogP contribution < -0.4 is 11.3 Å². The highest BCUT2D eigenvalue weighted by atomic mass is 32.1. The smallest absolute Gasteiger partial charge is 0.197 e. The number of hydrogen-bond acceptors (Lipinski definition) is 6. The van der Waals surface area contributed by atoms with Gasteiger partial charge in [-0.2, -0.15) is 0 Å². The van der Waals surface area contributed by atoms with Gasteiger partial charge < -0.3 is 4.90 Å². The van der Waals surface area contributed by atoms with Gasteiger partial charge in [-0.05, 0) is 38.8 Å². The van der Waals surface area contributed by atoms with Crippen molar-refractivity contribution in [1.29, 1.82) is 0 Å². The third-order valence-corrected chi connectivity index (χ3v) is 5.40. The monoisotopic (exact) mass is 281 g/mol. The minimum absolute atomic E-state index is 0.808. The molecule has 106 valence electrons. The Morgan fingerprint density at radius 2 is 2.37 bits per heavy atom. The van der Waals surface area contributed by atoms with E-state index in [1.165, 1.54) is 43.8 Å². The van der Waals surface area contributed by atoms with Gasteiger partial charge in [0, 0.05) is 36.8 Å². The van der Waals surface area contributed by atoms with Gasteiger partial charge in [-0.25, -0.2) is 10.8 Å². The highest BCUT2D eigenvalue weighted by Gasteiger charge is 2.34. The summed E-state index contributed by atoms with van der Waals surface area (Å²) >= 11 is 1.66. The molecule has 6 heteroatoms. The van der Waals surface area contributed by atoms with Crippen LogP contribution in [0.1, 0.15) is 24.1 Å². The molecule has 3 rings (SSSR count). The second-order valence-corrected chi connectivity index (χ2v) is 6.87. The molecule has 0 aromatic carbocycles. The van der Waals surface area contributed by atoms with E-state index in [1.807, 2.05) is 6.20 Å². The van der Waals surface area contributed by atoms with Crippen molar-refractivity contribution in [1.82, 2.24) is 14.8 Å². The maximum atomic E-state index is 5.38. The highest BCUT2D eigenvalue weighted by Crippen LogP contribution is 2.30. The molecule has 0 saturated carbocycles. The zero-order valence-electron chi connectivity index (χ0n) is 11.5. The lowest BCUT2D eigenvalue weighted by Gasteiger charge is -2.45. The average molecular weight is 281 g/mol. The number of nitrogens with zero attached hydrogens (tertiary/aromatic N) is 3. The number of likely N-dealkylation sites (tertiary alicyclic amines) is 2. The van der Waals surface area contributed by atoms with Crippen LogP contribution in [0.4, 0.5) is 5.13 Å². The first-order valence-corrected chi connectivity index (χ1v) is 7.92. The summed E-state index contributed by atoms with van der Waals surface area (Å²) in [5.74, 6) is 6.23. The molecule has 2 fully saturated rings. The van der Waals surface area contributed by atoms with Gasteiger partial charge in [0.1, 0.15) is 0 Å². The Morgan fingerprint density at radius 3 is 3.16 bits per heavy atom. The lowest BCUT2D eigenvalue weighted by molar-refractivity contribution is 0.0358. The number of nitrogens with one attached hydrogen (secondary N) is 1. The summed E-state index contributed by atoms with van der Waals surface area (Å²) in [4.78, 5) is 10.7. The molecular formula is C13H23N5S. The molecule has 2 aliphatic rings. The molecule has 0 amide bonds. The Kier molecular flexibility index (Phi) is 4.02. The molecule has 1 aromatic rings. The van der Waals surface area contributed by atoms with Crippen LogP contribution in [0.3, 0.4) is 0 Å². The van der Waals surface area contributed by atoms with E-state index < -0.39 is 0 Å². The van der Waals surface area contributed by atoms with Gasteiger partial charge in [-0.3, -0.25) is 10.3 Å². The number of hydrogen-bond donors (Lipinski definition) is 2. The Morgan fingerprint density at radius 1 is 1.47 bits per heavy atom. The molecule has 0 aliphatic carbocycles. The van der Waals surface area contributed by atoms with Crippen LogP contribution in [0.25, 0.3) is 0 Å². The minimum Gasteiger partial charge on any atom is -0.303 e. The number of thiazole rings is 1. The van der Waals surface area contributed by atoms with Crippen molar-refractivity contribution in [2.45, 2.75) is 31.8 Å². The van der Waals surface area contributed by atoms with Gasteiger partial charge in [0.25, 0.3) is 0 Å². The van der Waals surface area contributed by atoms with Crippen molar-refractivity contribution in [2.24, 2.45) is 11.8 Å². The zero-order chi connectivity index (χ0) is 13.2. The Hall–Kier alpha value is -0.690. The van der Waals surface area contributed by atoms with E-state index in [1.54, 1.807) is 11.3 Å². The topological polar surface area (TPSA) is 57.4 Å². The molecule has 1 aromatic heterocycles. The van der Waals surface area contributed by atoms with Crippen LogP contribution in [-0.2, 0) is 6.54 Å². The van der Waals surface area contributed by atoms with Crippen molar-refractivity contribution in [2.75, 3.05) is 32.1 Å². The first kappa shape index (κ1) is 13.3. The molecule has 3 heterocycles. The average Bonchev–Trinajstić information content (AvgIpc) is 2.86. The van der Waals surface area contributed by atoms with E-state index in [-0.39, 0.29) is 0 Å². The highest BCUT2D eigenvalue weighted by molar-refractivity contribution is 7.15. The van der Waals surface area contributed by atoms with Crippen LogP contribution in [0.15, 0.2) is 6.20 Å². The molecule has 3 N–H and O–H groups in total. The molecule has 2 atom stereocenters. The fourth-order valence-corrected chi connectivity index (χ4v) is 4.30. The normalized spacial score (nSPS) is 29.2. The van der Waals surface area contributed by atoms with Crippen molar-refractivity contribution < 1.29 is 0 Å². The van der Waals surface area contributed by atoms with E-state index in [0.29, 0.717) is 0 Å². The molecule has 2 aliphatic heterocycles. The van der Waals surface area contributed by atoms with Crippen LogP contribution in [0, 0.1) is 5.92 Å². The quantitative estimate of drug-likeness (QED) is 0.647. The van der Waals surface area contributed by atoms with E-state index in [9.17, 15) is 0 Å². The Bertz CT molecular complexity index is 421. The number of piperidine rings is 2. The van der Waals surface area contributed by atoms with Crippen molar-refractivity contribution in [3.05, 3.63) is 11.1 Å². The number of anilines is 1. The minimum atomic E-state index is 0.808. The first-order chi connectivity index (χ1) is 9.26. The molecule has 2 saturated heterocycles. The van der Waals surface area contributed by atoms with Gasteiger partial charge in [-0.1, -0.05) is 11.3 Å². The zero-order valence-corrected chi connectivity index (χ0v) is 12.3. The van der Waals surface area contributed by atoms with Gasteiger partial charge >= 0.3 is 0 Å². The van der Waals surface area contributed by atoms with Crippen LogP contribution in [0.5, 0.6) is 0 Å². The number of nitrogen functional groups attached to an aromatic ring is 1. The van der Waals surface area contributed by atoms with E-state index in [2.05, 4.69) is 27.3 Å². The fraction of sp³-hybridized carbons (Fsp3) is 0.769. The summed E-state index contributed by atoms with van der Waals surface area (Å²) in [7, 11) is 2.29. The van der Waals surface area contributed by atoms with Gasteiger partial charge in [0.2, 0.25) is 0 Å². The van der Waals surface area contributed by atoms with Crippen LogP contribution in [0.2, 0.25) is 0 Å². The van der Waals surface area contributed by atoms with E-state index in [4.69, 9.17) is 5.84 Å². The molecule has 19 heavy (non-hydrogen) atoms. The van der Waals surface area contributed by atoms with E-state index in [0.717, 1.165) is 23.6 Å². The number of nitrogens with two attached hydrogens (primary N) is 1. The SMILES string of the molecule is CN1CCCC2CN(Cc3cnc(NN)s3)CCC21. The molecular weight excluding hydrogens is 258 g/mol. The number of rotatable bonds is 3. The Balaban J connectivity index is 1.58. The van der Waals surface area contributed by atoms with Crippen molar-refractivity contribution >= 4 is 16.5 Å². The fourth-order valence-electron chi connectivity index (χ4n) is 3.54. The van der Waals surface area contributed by atoms with Crippen molar-refractivity contribution in [3.63, 3.8) is 0 Å². The first-order valence-electron chi connectivity index (χ1n) is 7.10. The summed E-state index contributed by atoms with van der Waals surface area (Å²) in [6.45, 7) is 4.74. The van der Waals surface area contributed by atoms with E-state index >= 15 is 0 Å². The molecule has 5 nitrogen and oxygen atoms in total. The third-order valence-electron chi connectivity index (χ3n) is 4.49. The number of fused-ring (bicyclic) bond motifs is 1. The summed E-state index contributed by atoms with van der Waals surface area (Å²) in [5, 5.41) is 0.808. The third kappa shape index (κ3) is 2.91. The predicted octanol–water partition coefficient (Wildman–Crippen LogP) is 1.34. The molecule has 2 unspecified atom stereocenters. The lowest BCUT2D eigenvalue weighted by Crippen LogP contribution is -2.52. The Labute approximate surface area is 118 Å². The molecule has 0 bridgehead atoms. The molecule has 0 radical (unpaired) electrons. The van der Waals surface area contributed by atoms with Gasteiger partial charge in [-0.15, -0.1) is 0 Å². The number of aromatic nitrogens is 1. The van der Waals surface area contributed by atoms with Crippen molar-refractivity contribution in [3.8, 4) is 0 Å². The summed E-state index contributed by atoms with van der Waals surface area (Å²) in [6, 6.07) is 0.813. The maximum absolute atomic E-state index is 5.38. The van der Waals surface area contributed by atoms with Gasteiger partial charge in [0.15, 0.2) is 5.13 Å². The second-order valence-electron chi connectivity index (χ2n) is 5.75. The summed E-state index contributed by atoms with van der Waals surface area (Å²) in [5.41, 5.74) is 2.62. The van der Waals surface area contributed by atoms with Crippen LogP contribution in [-0.4, -0.2) is 47.5 Å². The maximum Gasteiger partial charge on any atom is 0.197 e. The number of hydrazine groups is 1. The summed E-state index contributed by atoms with van der Waals surface area (Å²) in [6.07, 6.45) is 6.00.